The summed E-state index contributed by atoms with van der Waals surface area (Å²) in [7, 11) is 1.53. The molecule has 138 valence electrons. The lowest BCUT2D eigenvalue weighted by Crippen LogP contribution is -2.52. The second kappa shape index (κ2) is 7.97. The predicted octanol–water partition coefficient (Wildman–Crippen LogP) is 2.63. The fourth-order valence-electron chi connectivity index (χ4n) is 2.65. The van der Waals surface area contributed by atoms with Crippen molar-refractivity contribution in [2.45, 2.75) is 32.0 Å². The molecular formula is C19H21NO6. The van der Waals surface area contributed by atoms with Crippen LogP contribution in [0.25, 0.3) is 11.1 Å². The molecule has 2 N–H and O–H groups in total. The van der Waals surface area contributed by atoms with Crippen LogP contribution in [0.5, 0.6) is 5.88 Å². The highest BCUT2D eigenvalue weighted by atomic mass is 16.6. The SMILES string of the molecule is COc1ncccc1-c1ccc(CC(OC(C)C)(C(=O)O)C(=O)O)cc1. The van der Waals surface area contributed by atoms with E-state index < -0.39 is 23.6 Å². The van der Waals surface area contributed by atoms with E-state index in [4.69, 9.17) is 9.47 Å². The van der Waals surface area contributed by atoms with Gasteiger partial charge in [0, 0.05) is 18.2 Å². The molecular weight excluding hydrogens is 338 g/mol. The number of methoxy groups -OCH3 is 1. The number of benzene rings is 1. The summed E-state index contributed by atoms with van der Waals surface area (Å²) in [5.74, 6) is -2.60. The molecule has 7 nitrogen and oxygen atoms in total. The Morgan fingerprint density at radius 1 is 1.12 bits per heavy atom. The zero-order valence-corrected chi connectivity index (χ0v) is 14.8. The van der Waals surface area contributed by atoms with E-state index in [0.29, 0.717) is 11.4 Å². The van der Waals surface area contributed by atoms with E-state index in [1.54, 1.807) is 50.4 Å². The van der Waals surface area contributed by atoms with E-state index in [0.717, 1.165) is 11.1 Å². The molecule has 0 radical (unpaired) electrons. The molecule has 0 atom stereocenters. The van der Waals surface area contributed by atoms with E-state index in [1.165, 1.54) is 7.11 Å². The first kappa shape index (κ1) is 19.4. The van der Waals surface area contributed by atoms with Crippen molar-refractivity contribution in [1.82, 2.24) is 4.98 Å². The number of carbonyl (C=O) groups is 2. The van der Waals surface area contributed by atoms with Gasteiger partial charge in [0.1, 0.15) is 0 Å². The number of carboxylic acids is 2. The van der Waals surface area contributed by atoms with Crippen LogP contribution in [0.3, 0.4) is 0 Å². The molecule has 0 spiro atoms. The Hall–Kier alpha value is -2.93. The lowest BCUT2D eigenvalue weighted by molar-refractivity contribution is -0.188. The number of ether oxygens (including phenoxy) is 2. The van der Waals surface area contributed by atoms with Gasteiger partial charge in [0.25, 0.3) is 5.60 Å². The zero-order chi connectivity index (χ0) is 19.3. The summed E-state index contributed by atoms with van der Waals surface area (Å²) in [6, 6.07) is 10.5. The molecule has 1 aromatic carbocycles. The van der Waals surface area contributed by atoms with Crippen molar-refractivity contribution in [3.8, 4) is 17.0 Å². The fraction of sp³-hybridized carbons (Fsp3) is 0.316. The molecule has 0 aliphatic rings. The number of rotatable bonds is 8. The highest BCUT2D eigenvalue weighted by molar-refractivity contribution is 6.02. The second-order valence-corrected chi connectivity index (χ2v) is 6.04. The standard InChI is InChI=1S/C19H21NO6/c1-12(2)26-19(17(21)22,18(23)24)11-13-6-8-14(9-7-13)15-5-4-10-20-16(15)25-3/h4-10,12H,11H2,1-3H3,(H,21,22)(H,23,24). The Morgan fingerprint density at radius 3 is 2.23 bits per heavy atom. The minimum atomic E-state index is -2.33. The summed E-state index contributed by atoms with van der Waals surface area (Å²) in [5.41, 5.74) is -0.203. The Morgan fingerprint density at radius 2 is 1.73 bits per heavy atom. The van der Waals surface area contributed by atoms with Crippen LogP contribution in [0.15, 0.2) is 42.6 Å². The van der Waals surface area contributed by atoms with Gasteiger partial charge in [0.2, 0.25) is 5.88 Å². The van der Waals surface area contributed by atoms with Crippen molar-refractivity contribution in [3.63, 3.8) is 0 Å². The van der Waals surface area contributed by atoms with Crippen molar-refractivity contribution >= 4 is 11.9 Å². The van der Waals surface area contributed by atoms with Crippen LogP contribution in [-0.2, 0) is 20.7 Å². The van der Waals surface area contributed by atoms with E-state index in [-0.39, 0.29) is 6.42 Å². The van der Waals surface area contributed by atoms with Gasteiger partial charge in [0.15, 0.2) is 0 Å². The summed E-state index contributed by atoms with van der Waals surface area (Å²) in [4.78, 5) is 27.4. The van der Waals surface area contributed by atoms with Gasteiger partial charge < -0.3 is 19.7 Å². The summed E-state index contributed by atoms with van der Waals surface area (Å²) in [5, 5.41) is 18.9. The summed E-state index contributed by atoms with van der Waals surface area (Å²) in [6.07, 6.45) is 0.773. The maximum Gasteiger partial charge on any atom is 0.348 e. The number of aliphatic carboxylic acids is 2. The number of hydrogen-bond acceptors (Lipinski definition) is 5. The van der Waals surface area contributed by atoms with E-state index in [2.05, 4.69) is 4.98 Å². The monoisotopic (exact) mass is 359 g/mol. The van der Waals surface area contributed by atoms with Crippen molar-refractivity contribution in [3.05, 3.63) is 48.2 Å². The van der Waals surface area contributed by atoms with Crippen LogP contribution in [-0.4, -0.2) is 46.0 Å². The van der Waals surface area contributed by atoms with Gasteiger partial charge in [-0.05, 0) is 37.1 Å². The molecule has 0 amide bonds. The first-order valence-corrected chi connectivity index (χ1v) is 8.03. The number of carboxylic acid groups (broad SMARTS) is 2. The van der Waals surface area contributed by atoms with E-state index in [9.17, 15) is 19.8 Å². The lowest BCUT2D eigenvalue weighted by atomic mass is 9.93. The van der Waals surface area contributed by atoms with Crippen LogP contribution < -0.4 is 4.74 Å². The van der Waals surface area contributed by atoms with Gasteiger partial charge in [0.05, 0.1) is 13.2 Å². The average Bonchev–Trinajstić information content (AvgIpc) is 2.61. The fourth-order valence-corrected chi connectivity index (χ4v) is 2.65. The molecule has 26 heavy (non-hydrogen) atoms. The van der Waals surface area contributed by atoms with Gasteiger partial charge in [-0.3, -0.25) is 0 Å². The van der Waals surface area contributed by atoms with Crippen molar-refractivity contribution < 1.29 is 29.3 Å². The summed E-state index contributed by atoms with van der Waals surface area (Å²) >= 11 is 0. The topological polar surface area (TPSA) is 106 Å². The van der Waals surface area contributed by atoms with Gasteiger partial charge in [-0.1, -0.05) is 24.3 Å². The van der Waals surface area contributed by atoms with Crippen molar-refractivity contribution in [1.29, 1.82) is 0 Å². The highest BCUT2D eigenvalue weighted by Crippen LogP contribution is 2.29. The molecule has 1 heterocycles. The Labute approximate surface area is 151 Å². The van der Waals surface area contributed by atoms with Crippen LogP contribution >= 0.6 is 0 Å². The molecule has 0 aliphatic heterocycles. The van der Waals surface area contributed by atoms with Crippen molar-refractivity contribution in [2.24, 2.45) is 0 Å². The summed E-state index contributed by atoms with van der Waals surface area (Å²) in [6.45, 7) is 3.19. The first-order chi connectivity index (χ1) is 12.3. The van der Waals surface area contributed by atoms with Crippen LogP contribution in [0.4, 0.5) is 0 Å². The van der Waals surface area contributed by atoms with Gasteiger partial charge in [-0.2, -0.15) is 0 Å². The zero-order valence-electron chi connectivity index (χ0n) is 14.8. The van der Waals surface area contributed by atoms with Crippen molar-refractivity contribution in [2.75, 3.05) is 7.11 Å². The third-order valence-electron chi connectivity index (χ3n) is 3.81. The van der Waals surface area contributed by atoms with Gasteiger partial charge >= 0.3 is 11.9 Å². The van der Waals surface area contributed by atoms with E-state index in [1.807, 2.05) is 6.07 Å². The molecule has 7 heteroatoms. The molecule has 0 saturated heterocycles. The highest BCUT2D eigenvalue weighted by Gasteiger charge is 2.49. The smallest absolute Gasteiger partial charge is 0.348 e. The molecule has 0 bridgehead atoms. The molecule has 2 aromatic rings. The normalized spacial score (nSPS) is 11.4. The van der Waals surface area contributed by atoms with Gasteiger partial charge in [-0.25, -0.2) is 14.6 Å². The average molecular weight is 359 g/mol. The minimum Gasteiger partial charge on any atom is -0.481 e. The second-order valence-electron chi connectivity index (χ2n) is 6.04. The number of hydrogen-bond donors (Lipinski definition) is 2. The molecule has 1 aromatic heterocycles. The summed E-state index contributed by atoms with van der Waals surface area (Å²) < 4.78 is 10.5. The Balaban J connectivity index is 2.34. The number of nitrogens with zero attached hydrogens (tertiary/aromatic N) is 1. The maximum absolute atomic E-state index is 11.6. The molecule has 0 unspecified atom stereocenters. The van der Waals surface area contributed by atoms with Crippen LogP contribution in [0.2, 0.25) is 0 Å². The Kier molecular flexibility index (Phi) is 5.94. The van der Waals surface area contributed by atoms with Crippen LogP contribution in [0.1, 0.15) is 19.4 Å². The minimum absolute atomic E-state index is 0.291. The predicted molar refractivity (Wildman–Crippen MR) is 94.2 cm³/mol. The number of pyridine rings is 1. The van der Waals surface area contributed by atoms with Crippen LogP contribution in [0, 0.1) is 0 Å². The number of aromatic nitrogens is 1. The largest absolute Gasteiger partial charge is 0.481 e. The van der Waals surface area contributed by atoms with E-state index >= 15 is 0 Å². The molecule has 0 aliphatic carbocycles. The first-order valence-electron chi connectivity index (χ1n) is 8.03. The Bertz CT molecular complexity index is 771. The molecule has 2 rings (SSSR count). The lowest BCUT2D eigenvalue weighted by Gasteiger charge is -2.27. The maximum atomic E-state index is 11.6. The third-order valence-corrected chi connectivity index (χ3v) is 3.81. The third kappa shape index (κ3) is 4.00. The molecule has 0 saturated carbocycles. The van der Waals surface area contributed by atoms with Gasteiger partial charge in [-0.15, -0.1) is 0 Å². The molecule has 0 fully saturated rings. The quantitative estimate of drug-likeness (QED) is 0.698.